The molecule has 3 N–H and O–H groups in total. The lowest BCUT2D eigenvalue weighted by molar-refractivity contribution is 0.0948. The van der Waals surface area contributed by atoms with Crippen molar-refractivity contribution in [1.29, 1.82) is 0 Å². The Labute approximate surface area is 141 Å². The molecule has 0 saturated carbocycles. The van der Waals surface area contributed by atoms with Gasteiger partial charge in [-0.15, -0.1) is 11.3 Å². The highest BCUT2D eigenvalue weighted by molar-refractivity contribution is 7.80. The summed E-state index contributed by atoms with van der Waals surface area (Å²) in [5, 5.41) is 5.92. The van der Waals surface area contributed by atoms with Crippen LogP contribution in [0.2, 0.25) is 10.0 Å². The first-order valence-electron chi connectivity index (χ1n) is 5.83. The fourth-order valence-corrected chi connectivity index (χ4v) is 2.72. The molecule has 0 fully saturated rings. The van der Waals surface area contributed by atoms with Gasteiger partial charge in [0.15, 0.2) is 5.11 Å². The number of aryl methyl sites for hydroxylation is 1. The number of amides is 1. The van der Waals surface area contributed by atoms with Gasteiger partial charge in [0.05, 0.1) is 14.9 Å². The van der Waals surface area contributed by atoms with Crippen molar-refractivity contribution in [3.8, 4) is 0 Å². The molecule has 0 aliphatic heterocycles. The highest BCUT2D eigenvalue weighted by Gasteiger charge is 2.08. The third kappa shape index (κ3) is 4.57. The van der Waals surface area contributed by atoms with Crippen LogP contribution in [0.3, 0.4) is 0 Å². The molecule has 4 nitrogen and oxygen atoms in total. The first-order valence-corrected chi connectivity index (χ1v) is 7.87. The van der Waals surface area contributed by atoms with Crippen molar-refractivity contribution >= 4 is 63.5 Å². The lowest BCUT2D eigenvalue weighted by Gasteiger charge is -2.11. The number of carbonyl (C=O) groups is 1. The van der Waals surface area contributed by atoms with Crippen LogP contribution in [0.25, 0.3) is 0 Å². The van der Waals surface area contributed by atoms with Crippen LogP contribution in [0.5, 0.6) is 0 Å². The third-order valence-corrected chi connectivity index (χ3v) is 4.41. The predicted octanol–water partition coefficient (Wildman–Crippen LogP) is 3.99. The van der Waals surface area contributed by atoms with E-state index >= 15 is 0 Å². The average molecular weight is 360 g/mol. The summed E-state index contributed by atoms with van der Waals surface area (Å²) in [5.74, 6) is -0.244. The van der Waals surface area contributed by atoms with Crippen LogP contribution in [-0.4, -0.2) is 11.0 Å². The van der Waals surface area contributed by atoms with Crippen molar-refractivity contribution in [2.75, 3.05) is 5.32 Å². The molecule has 8 heteroatoms. The van der Waals surface area contributed by atoms with Gasteiger partial charge in [-0.2, -0.15) is 0 Å². The first kappa shape index (κ1) is 16.0. The summed E-state index contributed by atoms with van der Waals surface area (Å²) in [5.41, 5.74) is 6.85. The Hall–Kier alpha value is -1.34. The Bertz CT molecular complexity index is 688. The van der Waals surface area contributed by atoms with Crippen molar-refractivity contribution < 1.29 is 4.79 Å². The van der Waals surface area contributed by atoms with Crippen LogP contribution in [0.4, 0.5) is 5.69 Å². The molecule has 0 saturated heterocycles. The predicted molar refractivity (Wildman–Crippen MR) is 92.3 cm³/mol. The van der Waals surface area contributed by atoms with Crippen molar-refractivity contribution in [2.45, 2.75) is 6.92 Å². The Kier molecular flexibility index (Phi) is 5.41. The second kappa shape index (κ2) is 7.09. The zero-order valence-electron chi connectivity index (χ0n) is 10.9. The van der Waals surface area contributed by atoms with E-state index in [1.807, 2.05) is 12.3 Å². The van der Waals surface area contributed by atoms with Crippen LogP contribution in [-0.2, 0) is 0 Å². The summed E-state index contributed by atoms with van der Waals surface area (Å²) in [6, 6.07) is 6.83. The Morgan fingerprint density at radius 3 is 2.57 bits per heavy atom. The van der Waals surface area contributed by atoms with E-state index in [9.17, 15) is 4.79 Å². The summed E-state index contributed by atoms with van der Waals surface area (Å²) < 4.78 is 0. The Morgan fingerprint density at radius 1 is 1.19 bits per heavy atom. The number of rotatable bonds is 2. The number of halogens is 2. The molecule has 0 aliphatic rings. The molecule has 1 heterocycles. The number of benzene rings is 1. The van der Waals surface area contributed by atoms with Gasteiger partial charge in [-0.05, 0) is 54.4 Å². The maximum absolute atomic E-state index is 11.8. The van der Waals surface area contributed by atoms with E-state index < -0.39 is 0 Å². The van der Waals surface area contributed by atoms with Gasteiger partial charge in [0.25, 0.3) is 5.91 Å². The normalized spacial score (nSPS) is 10.0. The molecular formula is C13H11Cl2N3OS2. The van der Waals surface area contributed by atoms with Gasteiger partial charge in [0, 0.05) is 5.69 Å². The van der Waals surface area contributed by atoms with E-state index in [0.29, 0.717) is 20.6 Å². The lowest BCUT2D eigenvalue weighted by Crippen LogP contribution is -2.43. The van der Waals surface area contributed by atoms with Gasteiger partial charge in [-0.3, -0.25) is 15.6 Å². The highest BCUT2D eigenvalue weighted by Crippen LogP contribution is 2.24. The van der Waals surface area contributed by atoms with Crippen LogP contribution in [0.1, 0.15) is 15.2 Å². The number of nitrogens with one attached hydrogen (secondary N) is 3. The van der Waals surface area contributed by atoms with Crippen molar-refractivity contribution in [1.82, 2.24) is 10.9 Å². The highest BCUT2D eigenvalue weighted by atomic mass is 35.5. The monoisotopic (exact) mass is 359 g/mol. The topological polar surface area (TPSA) is 53.2 Å². The molecule has 1 aromatic carbocycles. The van der Waals surface area contributed by atoms with E-state index in [0.717, 1.165) is 5.56 Å². The fraction of sp³-hybridized carbons (Fsp3) is 0.0769. The minimum atomic E-state index is -0.244. The standard InChI is InChI=1S/C13H11Cl2N3OS2/c1-7-4-11(21-6-7)12(19)17-18-13(20)16-8-2-3-9(14)10(15)5-8/h2-6H,1H3,(H,17,19)(H2,16,18,20). The number of hydrogen-bond donors (Lipinski definition) is 3. The van der Waals surface area contributed by atoms with Gasteiger partial charge in [-0.25, -0.2) is 0 Å². The molecule has 0 bridgehead atoms. The minimum Gasteiger partial charge on any atom is -0.331 e. The van der Waals surface area contributed by atoms with Gasteiger partial charge in [0.2, 0.25) is 0 Å². The molecule has 2 rings (SSSR count). The molecule has 0 unspecified atom stereocenters. The lowest BCUT2D eigenvalue weighted by atomic mass is 10.3. The van der Waals surface area contributed by atoms with E-state index in [1.54, 1.807) is 24.3 Å². The maximum atomic E-state index is 11.8. The van der Waals surface area contributed by atoms with E-state index in [-0.39, 0.29) is 11.0 Å². The molecular weight excluding hydrogens is 349 g/mol. The maximum Gasteiger partial charge on any atom is 0.279 e. The Morgan fingerprint density at radius 2 is 1.95 bits per heavy atom. The molecule has 0 aliphatic carbocycles. The largest absolute Gasteiger partial charge is 0.331 e. The second-order valence-corrected chi connectivity index (χ2v) is 6.28. The smallest absolute Gasteiger partial charge is 0.279 e. The number of thiocarbonyl (C=S) groups is 1. The molecule has 1 amide bonds. The number of hydrazine groups is 1. The molecule has 2 aromatic rings. The second-order valence-electron chi connectivity index (χ2n) is 4.15. The van der Waals surface area contributed by atoms with Gasteiger partial charge in [0.1, 0.15) is 0 Å². The first-order chi connectivity index (χ1) is 9.95. The van der Waals surface area contributed by atoms with Gasteiger partial charge in [-0.1, -0.05) is 23.2 Å². The summed E-state index contributed by atoms with van der Waals surface area (Å²) >= 11 is 18.2. The zero-order valence-corrected chi connectivity index (χ0v) is 14.0. The molecule has 0 atom stereocenters. The third-order valence-electron chi connectivity index (χ3n) is 2.42. The molecule has 0 radical (unpaired) electrons. The van der Waals surface area contributed by atoms with Gasteiger partial charge < -0.3 is 5.32 Å². The van der Waals surface area contributed by atoms with Crippen LogP contribution < -0.4 is 16.2 Å². The van der Waals surface area contributed by atoms with Gasteiger partial charge >= 0.3 is 0 Å². The molecule has 0 spiro atoms. The van der Waals surface area contributed by atoms with E-state index in [2.05, 4.69) is 16.2 Å². The summed E-state index contributed by atoms with van der Waals surface area (Å²) in [6.07, 6.45) is 0. The average Bonchev–Trinajstić information content (AvgIpc) is 2.87. The number of anilines is 1. The quantitative estimate of drug-likeness (QED) is 0.560. The molecule has 110 valence electrons. The number of carbonyl (C=O) groups excluding carboxylic acids is 1. The fourth-order valence-electron chi connectivity index (χ4n) is 1.46. The Balaban J connectivity index is 1.87. The van der Waals surface area contributed by atoms with Crippen molar-refractivity contribution in [2.24, 2.45) is 0 Å². The van der Waals surface area contributed by atoms with Crippen molar-refractivity contribution in [3.05, 3.63) is 50.1 Å². The summed E-state index contributed by atoms with van der Waals surface area (Å²) in [4.78, 5) is 12.4. The molecule has 1 aromatic heterocycles. The van der Waals surface area contributed by atoms with Crippen LogP contribution in [0, 0.1) is 6.92 Å². The number of hydrogen-bond acceptors (Lipinski definition) is 3. The zero-order chi connectivity index (χ0) is 15.4. The SMILES string of the molecule is Cc1csc(C(=O)NNC(=S)Nc2ccc(Cl)c(Cl)c2)c1. The van der Waals surface area contributed by atoms with Crippen LogP contribution >= 0.6 is 46.8 Å². The van der Waals surface area contributed by atoms with E-state index in [4.69, 9.17) is 35.4 Å². The minimum absolute atomic E-state index is 0.244. The summed E-state index contributed by atoms with van der Waals surface area (Å²) in [7, 11) is 0. The van der Waals surface area contributed by atoms with Crippen LogP contribution in [0.15, 0.2) is 29.6 Å². The van der Waals surface area contributed by atoms with E-state index in [1.165, 1.54) is 11.3 Å². The summed E-state index contributed by atoms with van der Waals surface area (Å²) in [6.45, 7) is 1.93. The van der Waals surface area contributed by atoms with Crippen molar-refractivity contribution in [3.63, 3.8) is 0 Å². The number of thiophene rings is 1. The molecule has 21 heavy (non-hydrogen) atoms.